The van der Waals surface area contributed by atoms with Crippen molar-refractivity contribution in [1.82, 2.24) is 15.2 Å². The van der Waals surface area contributed by atoms with Gasteiger partial charge in [-0.1, -0.05) is 36.4 Å². The molecule has 26 heavy (non-hydrogen) atoms. The molecule has 1 fully saturated rings. The fourth-order valence-electron chi connectivity index (χ4n) is 3.08. The van der Waals surface area contributed by atoms with Gasteiger partial charge in [-0.05, 0) is 25.0 Å². The average molecular weight is 349 g/mol. The highest BCUT2D eigenvalue weighted by Gasteiger charge is 2.27. The maximum absolute atomic E-state index is 12.1. The summed E-state index contributed by atoms with van der Waals surface area (Å²) in [5.74, 6) is 0.807. The molecule has 1 aromatic carbocycles. The Bertz CT molecular complexity index is 771. The summed E-state index contributed by atoms with van der Waals surface area (Å²) >= 11 is 0. The molecule has 2 heterocycles. The zero-order valence-electron chi connectivity index (χ0n) is 14.7. The Labute approximate surface area is 153 Å². The number of amides is 1. The lowest BCUT2D eigenvalue weighted by Crippen LogP contribution is -2.41. The normalized spacial score (nSPS) is 16.3. The van der Waals surface area contributed by atoms with E-state index in [9.17, 15) is 4.79 Å². The van der Waals surface area contributed by atoms with Crippen molar-refractivity contribution in [3.8, 4) is 17.3 Å². The van der Waals surface area contributed by atoms with Crippen LogP contribution in [0.4, 0.5) is 5.82 Å². The summed E-state index contributed by atoms with van der Waals surface area (Å²) < 4.78 is 0. The van der Waals surface area contributed by atoms with E-state index in [1.807, 2.05) is 48.5 Å². The van der Waals surface area contributed by atoms with Crippen molar-refractivity contribution in [2.75, 3.05) is 31.5 Å². The van der Waals surface area contributed by atoms with E-state index in [0.29, 0.717) is 19.6 Å². The fourth-order valence-corrected chi connectivity index (χ4v) is 3.08. The van der Waals surface area contributed by atoms with E-state index in [-0.39, 0.29) is 18.5 Å². The van der Waals surface area contributed by atoms with Gasteiger partial charge in [-0.25, -0.2) is 4.98 Å². The van der Waals surface area contributed by atoms with Gasteiger partial charge in [0.05, 0.1) is 18.3 Å². The van der Waals surface area contributed by atoms with E-state index in [0.717, 1.165) is 29.9 Å². The lowest BCUT2D eigenvalue weighted by molar-refractivity contribution is -0.130. The van der Waals surface area contributed by atoms with Crippen LogP contribution in [0.15, 0.2) is 48.5 Å². The van der Waals surface area contributed by atoms with E-state index in [1.54, 1.807) is 4.90 Å². The highest BCUT2D eigenvalue weighted by molar-refractivity contribution is 5.79. The van der Waals surface area contributed by atoms with Crippen LogP contribution in [0.3, 0.4) is 0 Å². The molecular weight excluding hydrogens is 326 g/mol. The molecule has 1 aliphatic heterocycles. The summed E-state index contributed by atoms with van der Waals surface area (Å²) in [6.45, 7) is 2.26. The van der Waals surface area contributed by atoms with Gasteiger partial charge in [-0.3, -0.25) is 4.79 Å². The molecule has 0 bridgehead atoms. The predicted molar refractivity (Wildman–Crippen MR) is 101 cm³/mol. The topological polar surface area (TPSA) is 81.0 Å². The van der Waals surface area contributed by atoms with E-state index in [4.69, 9.17) is 5.26 Å². The van der Waals surface area contributed by atoms with Crippen molar-refractivity contribution in [1.29, 1.82) is 5.26 Å². The smallest absolute Gasteiger partial charge is 0.237 e. The van der Waals surface area contributed by atoms with Crippen LogP contribution in [0.5, 0.6) is 0 Å². The van der Waals surface area contributed by atoms with Crippen molar-refractivity contribution in [3.05, 3.63) is 48.5 Å². The Morgan fingerprint density at radius 1 is 1.19 bits per heavy atom. The van der Waals surface area contributed by atoms with Gasteiger partial charge in [0.25, 0.3) is 0 Å². The number of carbonyl (C=O) groups excluding carboxylic acids is 1. The van der Waals surface area contributed by atoms with Crippen LogP contribution in [0.2, 0.25) is 0 Å². The van der Waals surface area contributed by atoms with Crippen molar-refractivity contribution in [3.63, 3.8) is 0 Å². The fraction of sp³-hybridized carbons (Fsp3) is 0.350. The Kier molecular flexibility index (Phi) is 6.18. The molecule has 6 heteroatoms. The number of benzene rings is 1. The molecule has 0 unspecified atom stereocenters. The predicted octanol–water partition coefficient (Wildman–Crippen LogP) is 2.26. The molecule has 1 saturated heterocycles. The minimum absolute atomic E-state index is 0.00162. The van der Waals surface area contributed by atoms with Crippen LogP contribution in [-0.2, 0) is 4.79 Å². The number of anilines is 1. The molecule has 0 aliphatic carbocycles. The molecule has 0 radical (unpaired) electrons. The summed E-state index contributed by atoms with van der Waals surface area (Å²) in [4.78, 5) is 18.4. The van der Waals surface area contributed by atoms with Gasteiger partial charge < -0.3 is 15.5 Å². The highest BCUT2D eigenvalue weighted by atomic mass is 16.2. The van der Waals surface area contributed by atoms with Crippen LogP contribution >= 0.6 is 0 Å². The lowest BCUT2D eigenvalue weighted by Gasteiger charge is -2.19. The Balaban J connectivity index is 1.42. The molecule has 2 N–H and O–H groups in total. The summed E-state index contributed by atoms with van der Waals surface area (Å²) in [7, 11) is 0. The second-order valence-corrected chi connectivity index (χ2v) is 6.25. The number of hydrogen-bond acceptors (Lipinski definition) is 5. The van der Waals surface area contributed by atoms with Crippen molar-refractivity contribution in [2.45, 2.75) is 18.9 Å². The van der Waals surface area contributed by atoms with E-state index >= 15 is 0 Å². The number of nitrogens with one attached hydrogen (secondary N) is 2. The van der Waals surface area contributed by atoms with Crippen LogP contribution < -0.4 is 10.6 Å². The molecule has 1 amide bonds. The van der Waals surface area contributed by atoms with Crippen LogP contribution in [0.1, 0.15) is 12.8 Å². The number of carbonyl (C=O) groups is 1. The monoisotopic (exact) mass is 349 g/mol. The van der Waals surface area contributed by atoms with Crippen LogP contribution in [-0.4, -0.2) is 48.0 Å². The minimum Gasteiger partial charge on any atom is -0.369 e. The maximum atomic E-state index is 12.1. The second-order valence-electron chi connectivity index (χ2n) is 6.25. The first-order valence-corrected chi connectivity index (χ1v) is 8.94. The second kappa shape index (κ2) is 8.97. The third kappa shape index (κ3) is 4.58. The number of nitrogens with zero attached hydrogens (tertiary/aromatic N) is 3. The standard InChI is InChI=1S/C20H23N5O/c21-14-17-8-5-13-25(17)20(26)15-22-11-12-23-19-10-4-9-18(24-19)16-6-2-1-3-7-16/h1-4,6-7,9-10,17,22H,5,8,11-13,15H2,(H,23,24)/t17-/m0/s1. The molecule has 0 saturated carbocycles. The molecule has 6 nitrogen and oxygen atoms in total. The summed E-state index contributed by atoms with van der Waals surface area (Å²) in [5, 5.41) is 15.4. The largest absolute Gasteiger partial charge is 0.369 e. The summed E-state index contributed by atoms with van der Waals surface area (Å²) in [5.41, 5.74) is 2.01. The molecular formula is C20H23N5O. The summed E-state index contributed by atoms with van der Waals surface area (Å²) in [6.07, 6.45) is 1.70. The van der Waals surface area contributed by atoms with Gasteiger partial charge in [0.15, 0.2) is 0 Å². The zero-order chi connectivity index (χ0) is 18.2. The van der Waals surface area contributed by atoms with Crippen LogP contribution in [0, 0.1) is 11.3 Å². The molecule has 134 valence electrons. The SMILES string of the molecule is N#C[C@@H]1CCCN1C(=O)CNCCNc1cccc(-c2ccccc2)n1. The van der Waals surface area contributed by atoms with Gasteiger partial charge in [-0.2, -0.15) is 5.26 Å². The quantitative estimate of drug-likeness (QED) is 0.750. The highest BCUT2D eigenvalue weighted by Crippen LogP contribution is 2.18. The number of pyridine rings is 1. The van der Waals surface area contributed by atoms with Gasteiger partial charge in [0, 0.05) is 25.2 Å². The first-order chi connectivity index (χ1) is 12.8. The molecule has 3 rings (SSSR count). The number of likely N-dealkylation sites (tertiary alicyclic amines) is 1. The minimum atomic E-state index is -0.257. The number of nitriles is 1. The molecule has 2 aromatic rings. The van der Waals surface area contributed by atoms with Crippen LogP contribution in [0.25, 0.3) is 11.3 Å². The number of rotatable bonds is 7. The van der Waals surface area contributed by atoms with Gasteiger partial charge in [0.1, 0.15) is 11.9 Å². The Morgan fingerprint density at radius 2 is 2.04 bits per heavy atom. The lowest BCUT2D eigenvalue weighted by atomic mass is 10.1. The van der Waals surface area contributed by atoms with E-state index in [2.05, 4.69) is 21.7 Å². The first kappa shape index (κ1) is 17.9. The molecule has 0 spiro atoms. The van der Waals surface area contributed by atoms with Gasteiger partial charge in [0.2, 0.25) is 5.91 Å². The van der Waals surface area contributed by atoms with Gasteiger partial charge in [-0.15, -0.1) is 0 Å². The van der Waals surface area contributed by atoms with Gasteiger partial charge >= 0.3 is 0 Å². The van der Waals surface area contributed by atoms with Crippen molar-refractivity contribution >= 4 is 11.7 Å². The Hall–Kier alpha value is -2.91. The maximum Gasteiger partial charge on any atom is 0.237 e. The van der Waals surface area contributed by atoms with Crippen molar-refractivity contribution in [2.24, 2.45) is 0 Å². The first-order valence-electron chi connectivity index (χ1n) is 8.94. The zero-order valence-corrected chi connectivity index (χ0v) is 14.7. The van der Waals surface area contributed by atoms with E-state index < -0.39 is 0 Å². The van der Waals surface area contributed by atoms with E-state index in [1.165, 1.54) is 0 Å². The molecule has 1 aliphatic rings. The molecule has 1 aromatic heterocycles. The number of aromatic nitrogens is 1. The third-order valence-electron chi connectivity index (χ3n) is 4.42. The third-order valence-corrected chi connectivity index (χ3v) is 4.42. The number of hydrogen-bond donors (Lipinski definition) is 2. The van der Waals surface area contributed by atoms with Crippen molar-refractivity contribution < 1.29 is 4.79 Å². The Morgan fingerprint density at radius 3 is 2.85 bits per heavy atom. The average Bonchev–Trinajstić information content (AvgIpc) is 3.17. The molecule has 1 atom stereocenters. The summed E-state index contributed by atoms with van der Waals surface area (Å²) in [6, 6.07) is 17.9.